The second-order valence-corrected chi connectivity index (χ2v) is 17.9. The molecule has 0 spiro atoms. The average molecular weight is 805 g/mol. The zero-order chi connectivity index (χ0) is 40.8. The smallest absolute Gasteiger partial charge is 0.408 e. The van der Waals surface area contributed by atoms with Gasteiger partial charge < -0.3 is 45.3 Å². The van der Waals surface area contributed by atoms with Gasteiger partial charge in [0.15, 0.2) is 5.13 Å². The van der Waals surface area contributed by atoms with E-state index in [2.05, 4.69) is 22.5 Å². The second-order valence-electron chi connectivity index (χ2n) is 17.1. The van der Waals surface area contributed by atoms with Crippen LogP contribution in [0.2, 0.25) is 0 Å². The molecule has 3 aromatic rings. The van der Waals surface area contributed by atoms with E-state index in [-0.39, 0.29) is 44.7 Å². The molecule has 306 valence electrons. The van der Waals surface area contributed by atoms with Gasteiger partial charge in [0.2, 0.25) is 11.8 Å². The van der Waals surface area contributed by atoms with Crippen molar-refractivity contribution in [1.82, 2.24) is 25.5 Å². The van der Waals surface area contributed by atoms with E-state index in [1.165, 1.54) is 28.7 Å². The minimum Gasteiger partial charge on any atom is -0.491 e. The lowest BCUT2D eigenvalue weighted by atomic mass is 9.85. The fourth-order valence-electron chi connectivity index (χ4n) is 8.11. The zero-order valence-electron chi connectivity index (χ0n) is 32.9. The van der Waals surface area contributed by atoms with Crippen LogP contribution in [0, 0.1) is 23.2 Å². The van der Waals surface area contributed by atoms with Crippen LogP contribution in [0.1, 0.15) is 66.7 Å². The van der Waals surface area contributed by atoms with Crippen LogP contribution in [-0.4, -0.2) is 105 Å². The van der Waals surface area contributed by atoms with Crippen LogP contribution in [0.4, 0.5) is 9.93 Å². The van der Waals surface area contributed by atoms with E-state index in [4.69, 9.17) is 24.2 Å². The summed E-state index contributed by atoms with van der Waals surface area (Å²) < 4.78 is 18.1. The third-order valence-electron chi connectivity index (χ3n) is 11.3. The van der Waals surface area contributed by atoms with Gasteiger partial charge in [0.25, 0.3) is 0 Å². The summed E-state index contributed by atoms with van der Waals surface area (Å²) in [7, 11) is 0. The maximum Gasteiger partial charge on any atom is 0.408 e. The van der Waals surface area contributed by atoms with Crippen molar-refractivity contribution in [3.05, 3.63) is 42.3 Å². The van der Waals surface area contributed by atoms with Gasteiger partial charge in [-0.1, -0.05) is 26.8 Å². The number of benzene rings is 1. The van der Waals surface area contributed by atoms with Crippen molar-refractivity contribution < 1.29 is 43.6 Å². The van der Waals surface area contributed by atoms with Crippen molar-refractivity contribution in [3.8, 4) is 22.9 Å². The molecule has 1 unspecified atom stereocenters. The Balaban J connectivity index is 1.19. The van der Waals surface area contributed by atoms with E-state index in [9.17, 15) is 29.4 Å². The van der Waals surface area contributed by atoms with Crippen molar-refractivity contribution in [2.24, 2.45) is 23.2 Å². The fourth-order valence-corrected chi connectivity index (χ4v) is 8.96. The zero-order valence-corrected chi connectivity index (χ0v) is 33.8. The molecule has 1 aliphatic heterocycles. The second kappa shape index (κ2) is 15.8. The molecule has 2 aromatic heterocycles. The lowest BCUT2D eigenvalue weighted by Crippen LogP contribution is -2.59. The lowest BCUT2D eigenvalue weighted by molar-refractivity contribution is -0.146. The van der Waals surface area contributed by atoms with Gasteiger partial charge in [-0.3, -0.25) is 9.59 Å². The lowest BCUT2D eigenvalue weighted by Gasteiger charge is -2.35. The van der Waals surface area contributed by atoms with Gasteiger partial charge in [-0.15, -0.1) is 17.9 Å². The van der Waals surface area contributed by atoms with Crippen LogP contribution in [0.5, 0.6) is 11.5 Å². The Morgan fingerprint density at radius 2 is 1.82 bits per heavy atom. The number of hydrogen-bond acceptors (Lipinski definition) is 12. The molecule has 1 aromatic carbocycles. The molecule has 1 saturated heterocycles. The number of rotatable bonds is 15. The highest BCUT2D eigenvalue weighted by Gasteiger charge is 2.61. The summed E-state index contributed by atoms with van der Waals surface area (Å²) in [6.07, 6.45) is 2.91. The summed E-state index contributed by atoms with van der Waals surface area (Å²) in [4.78, 5) is 65.5. The molecular formula is C41H52N6O9S. The quantitative estimate of drug-likeness (QED) is 0.129. The van der Waals surface area contributed by atoms with Crippen LogP contribution < -0.4 is 25.4 Å². The topological polar surface area (TPSA) is 202 Å². The SMILES string of the molecule is C=C[C@@H]1C[C@@]1(NC(=O)[C@@H]1C[C@H](Oc2cc(-c3csc(NC(C)C)n3)nc3cc(OCCO)ccc23)CN1C(=O)[C@@H](NC(=O)OC1C[C@@H]2C[C@@H]2C1)C(C)(C)C)C(=O)O. The number of pyridine rings is 1. The number of carboxylic acid groups (broad SMARTS) is 1. The van der Waals surface area contributed by atoms with E-state index < -0.39 is 58.9 Å². The Morgan fingerprint density at radius 3 is 2.47 bits per heavy atom. The van der Waals surface area contributed by atoms with Crippen LogP contribution in [0.15, 0.2) is 42.3 Å². The average Bonchev–Trinajstić information content (AvgIpc) is 3.82. The van der Waals surface area contributed by atoms with Crippen molar-refractivity contribution in [2.75, 3.05) is 25.1 Å². The number of fused-ring (bicyclic) bond motifs is 2. The van der Waals surface area contributed by atoms with Gasteiger partial charge in [0.1, 0.15) is 53.6 Å². The summed E-state index contributed by atoms with van der Waals surface area (Å²) in [6, 6.07) is 5.02. The standard InChI is InChI=1S/C41H52N6O9S/c1-7-24-18-41(24,37(51)52)46-35(49)32-16-27(19-47(32)36(50)34(40(4,5)6)45-39(53)56-26-13-22-12-23(22)14-26)55-33-17-30(31-20-57-38(44-31)42-21(2)3)43-29-15-25(54-11-10-48)8-9-28(29)33/h7-9,15,17,20-24,26-27,32,34,48H,1,10-14,16,18-19H2,2-6H3,(H,42,44)(H,45,53)(H,46,49)(H,51,52)/t22-,23+,24-,26?,27+,32+,34-,41+/m1/s1. The van der Waals surface area contributed by atoms with Crippen LogP contribution in [0.25, 0.3) is 22.3 Å². The molecule has 57 heavy (non-hydrogen) atoms. The number of aliphatic hydroxyl groups is 1. The van der Waals surface area contributed by atoms with Crippen LogP contribution >= 0.6 is 11.3 Å². The number of aliphatic hydroxyl groups excluding tert-OH is 1. The van der Waals surface area contributed by atoms with Gasteiger partial charge in [-0.05, 0) is 68.9 Å². The molecule has 8 atom stereocenters. The first-order valence-corrected chi connectivity index (χ1v) is 20.5. The molecule has 16 heteroatoms. The molecule has 15 nitrogen and oxygen atoms in total. The molecule has 3 saturated carbocycles. The molecule has 0 bridgehead atoms. The molecule has 7 rings (SSSR count). The number of carboxylic acids is 1. The number of hydrogen-bond donors (Lipinski definition) is 5. The minimum absolute atomic E-state index is 0.0346. The molecule has 3 aliphatic carbocycles. The van der Waals surface area contributed by atoms with E-state index in [1.54, 1.807) is 24.3 Å². The van der Waals surface area contributed by atoms with Crippen molar-refractivity contribution >= 4 is 51.2 Å². The molecule has 0 radical (unpaired) electrons. The number of carbonyl (C=O) groups is 4. The largest absolute Gasteiger partial charge is 0.491 e. The molecule has 5 N–H and O–H groups in total. The normalized spacial score (nSPS) is 26.7. The monoisotopic (exact) mass is 804 g/mol. The Bertz CT molecular complexity index is 2040. The maximum absolute atomic E-state index is 14.7. The number of aliphatic carboxylic acids is 1. The number of nitrogens with zero attached hydrogens (tertiary/aromatic N) is 3. The maximum atomic E-state index is 14.7. The molecular weight excluding hydrogens is 753 g/mol. The number of anilines is 1. The van der Waals surface area contributed by atoms with Gasteiger partial charge in [-0.2, -0.15) is 0 Å². The molecule has 3 heterocycles. The highest BCUT2D eigenvalue weighted by molar-refractivity contribution is 7.14. The van der Waals surface area contributed by atoms with E-state index in [0.717, 1.165) is 18.0 Å². The highest BCUT2D eigenvalue weighted by Crippen LogP contribution is 2.52. The van der Waals surface area contributed by atoms with Crippen LogP contribution in [0.3, 0.4) is 0 Å². The third-order valence-corrected chi connectivity index (χ3v) is 12.1. The van der Waals surface area contributed by atoms with E-state index in [0.29, 0.717) is 45.6 Å². The van der Waals surface area contributed by atoms with Crippen molar-refractivity contribution in [2.45, 2.75) is 103 Å². The summed E-state index contributed by atoms with van der Waals surface area (Å²) >= 11 is 1.44. The summed E-state index contributed by atoms with van der Waals surface area (Å²) in [5.41, 5.74) is -0.649. The number of thiazole rings is 1. The van der Waals surface area contributed by atoms with Gasteiger partial charge in [-0.25, -0.2) is 19.6 Å². The first kappa shape index (κ1) is 40.2. The van der Waals surface area contributed by atoms with Gasteiger partial charge in [0, 0.05) is 41.3 Å². The van der Waals surface area contributed by atoms with Gasteiger partial charge in [0.05, 0.1) is 24.4 Å². The number of carbonyl (C=O) groups excluding carboxylic acids is 3. The number of nitrogens with one attached hydrogen (secondary N) is 3. The predicted octanol–water partition coefficient (Wildman–Crippen LogP) is 4.98. The van der Waals surface area contributed by atoms with E-state index in [1.807, 2.05) is 40.0 Å². The van der Waals surface area contributed by atoms with Gasteiger partial charge >= 0.3 is 12.1 Å². The summed E-state index contributed by atoms with van der Waals surface area (Å²) in [6.45, 7) is 13.1. The Labute approximate surface area is 335 Å². The number of likely N-dealkylation sites (tertiary alicyclic amines) is 1. The summed E-state index contributed by atoms with van der Waals surface area (Å²) in [5, 5.41) is 31.5. The number of ether oxygens (including phenoxy) is 3. The molecule has 4 fully saturated rings. The molecule has 4 aliphatic rings. The first-order valence-electron chi connectivity index (χ1n) is 19.6. The van der Waals surface area contributed by atoms with Crippen LogP contribution in [-0.2, 0) is 19.1 Å². The number of amides is 3. The van der Waals surface area contributed by atoms with Crippen molar-refractivity contribution in [1.29, 1.82) is 0 Å². The highest BCUT2D eigenvalue weighted by atomic mass is 32.1. The molecule has 3 amide bonds. The Hall–Kier alpha value is -4.96. The predicted molar refractivity (Wildman–Crippen MR) is 213 cm³/mol. The first-order chi connectivity index (χ1) is 27.1. The third kappa shape index (κ3) is 8.66. The number of alkyl carbamates (subject to hydrolysis) is 1. The Morgan fingerprint density at radius 1 is 1.07 bits per heavy atom. The summed E-state index contributed by atoms with van der Waals surface area (Å²) in [5.74, 6) is -0.685. The van der Waals surface area contributed by atoms with E-state index >= 15 is 0 Å². The fraction of sp³-hybridized carbons (Fsp3) is 0.561. The minimum atomic E-state index is -1.53. The Kier molecular flexibility index (Phi) is 11.1. The number of aromatic nitrogens is 2. The van der Waals surface area contributed by atoms with Crippen molar-refractivity contribution in [3.63, 3.8) is 0 Å².